The number of fused-ring (bicyclic) bond motifs is 1. The molecule has 0 bridgehead atoms. The van der Waals surface area contributed by atoms with Crippen molar-refractivity contribution in [3.63, 3.8) is 0 Å². The fourth-order valence-electron chi connectivity index (χ4n) is 3.28. The van der Waals surface area contributed by atoms with Gasteiger partial charge in [-0.05, 0) is 69.2 Å². The molecule has 0 spiro atoms. The molecule has 1 aromatic carbocycles. The van der Waals surface area contributed by atoms with E-state index >= 15 is 0 Å². The van der Waals surface area contributed by atoms with Crippen molar-refractivity contribution in [3.8, 4) is 17.7 Å². The number of pyridine rings is 1. The molecule has 6 heteroatoms. The highest BCUT2D eigenvalue weighted by molar-refractivity contribution is 5.67. The summed E-state index contributed by atoms with van der Waals surface area (Å²) in [5.74, 6) is 1.64. The average Bonchev–Trinajstić information content (AvgIpc) is 2.66. The van der Waals surface area contributed by atoms with Crippen LogP contribution >= 0.6 is 0 Å². The number of hydrogen-bond donors (Lipinski definition) is 1. The van der Waals surface area contributed by atoms with Crippen LogP contribution in [0.25, 0.3) is 0 Å². The largest absolute Gasteiger partial charge is 0.444 e. The Balaban J connectivity index is 1.62. The molecule has 1 aromatic heterocycles. The number of nitrogens with one attached hydrogen (secondary N) is 1. The van der Waals surface area contributed by atoms with Crippen LogP contribution in [0.3, 0.4) is 0 Å². The van der Waals surface area contributed by atoms with Gasteiger partial charge in [-0.3, -0.25) is 0 Å². The fraction of sp³-hybridized carbons (Fsp3) is 0.409. The van der Waals surface area contributed by atoms with Gasteiger partial charge < -0.3 is 14.8 Å². The number of carbonyl (C=O) groups excluding carboxylic acids is 1. The molecule has 0 radical (unpaired) electrons. The molecule has 0 saturated heterocycles. The number of nitriles is 1. The minimum Gasteiger partial charge on any atom is -0.444 e. The Bertz CT molecular complexity index is 879. The van der Waals surface area contributed by atoms with Gasteiger partial charge in [-0.1, -0.05) is 12.1 Å². The van der Waals surface area contributed by atoms with E-state index in [1.54, 1.807) is 12.1 Å². The summed E-state index contributed by atoms with van der Waals surface area (Å²) < 4.78 is 11.3. The minimum atomic E-state index is -0.491. The monoisotopic (exact) mass is 379 g/mol. The van der Waals surface area contributed by atoms with Gasteiger partial charge >= 0.3 is 6.09 Å². The van der Waals surface area contributed by atoms with Gasteiger partial charge in [0.1, 0.15) is 17.4 Å². The Kier molecular flexibility index (Phi) is 5.84. The molecular weight excluding hydrogens is 354 g/mol. The normalized spacial score (nSPS) is 15.9. The van der Waals surface area contributed by atoms with Crippen LogP contribution in [0, 0.1) is 17.2 Å². The lowest BCUT2D eigenvalue weighted by Crippen LogP contribution is -2.36. The summed E-state index contributed by atoms with van der Waals surface area (Å²) in [5, 5.41) is 11.7. The zero-order valence-electron chi connectivity index (χ0n) is 16.5. The van der Waals surface area contributed by atoms with E-state index in [1.807, 2.05) is 39.0 Å². The summed E-state index contributed by atoms with van der Waals surface area (Å²) in [6, 6.07) is 11.5. The third-order valence-electron chi connectivity index (χ3n) is 4.56. The molecule has 3 rings (SSSR count). The molecule has 1 aliphatic carbocycles. The third-order valence-corrected chi connectivity index (χ3v) is 4.56. The Hall–Kier alpha value is -3.07. The number of alkyl carbamates (subject to hydrolysis) is 1. The van der Waals surface area contributed by atoms with Crippen LogP contribution in [0.4, 0.5) is 4.79 Å². The maximum atomic E-state index is 11.9. The Morgan fingerprint density at radius 2 is 2.14 bits per heavy atom. The van der Waals surface area contributed by atoms with E-state index in [0.717, 1.165) is 25.0 Å². The summed E-state index contributed by atoms with van der Waals surface area (Å²) in [5.41, 5.74) is 2.42. The summed E-state index contributed by atoms with van der Waals surface area (Å²) in [4.78, 5) is 16.1. The number of ether oxygens (including phenoxy) is 2. The first kappa shape index (κ1) is 19.7. The summed E-state index contributed by atoms with van der Waals surface area (Å²) in [7, 11) is 0. The van der Waals surface area contributed by atoms with Gasteiger partial charge in [-0.15, -0.1) is 0 Å². The highest BCUT2D eigenvalue weighted by Crippen LogP contribution is 2.34. The minimum absolute atomic E-state index is 0.364. The van der Waals surface area contributed by atoms with E-state index in [-0.39, 0.29) is 6.09 Å². The van der Waals surface area contributed by atoms with E-state index in [9.17, 15) is 4.79 Å². The molecule has 28 heavy (non-hydrogen) atoms. The number of rotatable bonds is 4. The number of aromatic nitrogens is 1. The van der Waals surface area contributed by atoms with Gasteiger partial charge in [-0.25, -0.2) is 9.78 Å². The number of nitrogens with zero attached hydrogens (tertiary/aromatic N) is 2. The van der Waals surface area contributed by atoms with E-state index in [1.165, 1.54) is 17.3 Å². The lowest BCUT2D eigenvalue weighted by molar-refractivity contribution is 0.0517. The Labute approximate surface area is 165 Å². The molecule has 0 fully saturated rings. The van der Waals surface area contributed by atoms with Crippen LogP contribution < -0.4 is 10.1 Å². The molecule has 1 amide bonds. The fourth-order valence-corrected chi connectivity index (χ4v) is 3.28. The van der Waals surface area contributed by atoms with E-state index in [4.69, 9.17) is 14.7 Å². The lowest BCUT2D eigenvalue weighted by Gasteiger charge is -2.27. The van der Waals surface area contributed by atoms with Crippen molar-refractivity contribution in [3.05, 3.63) is 53.2 Å². The van der Waals surface area contributed by atoms with E-state index in [2.05, 4.69) is 16.4 Å². The van der Waals surface area contributed by atoms with Crippen LogP contribution in [0.2, 0.25) is 0 Å². The van der Waals surface area contributed by atoms with Crippen molar-refractivity contribution >= 4 is 6.09 Å². The van der Waals surface area contributed by atoms with Crippen molar-refractivity contribution < 1.29 is 14.3 Å². The predicted molar refractivity (Wildman–Crippen MR) is 105 cm³/mol. The smallest absolute Gasteiger partial charge is 0.407 e. The second-order valence-electron chi connectivity index (χ2n) is 7.98. The molecule has 0 saturated carbocycles. The molecule has 6 nitrogen and oxygen atoms in total. The molecule has 2 aromatic rings. The first-order valence-corrected chi connectivity index (χ1v) is 9.45. The van der Waals surface area contributed by atoms with Crippen molar-refractivity contribution in [2.45, 2.75) is 45.6 Å². The van der Waals surface area contributed by atoms with E-state index < -0.39 is 5.60 Å². The molecule has 1 heterocycles. The maximum Gasteiger partial charge on any atom is 0.407 e. The molecule has 146 valence electrons. The third kappa shape index (κ3) is 5.23. The van der Waals surface area contributed by atoms with Gasteiger partial charge in [0.15, 0.2) is 0 Å². The average molecular weight is 379 g/mol. The highest BCUT2D eigenvalue weighted by Gasteiger charge is 2.23. The van der Waals surface area contributed by atoms with Crippen LogP contribution in [-0.2, 0) is 17.6 Å². The van der Waals surface area contributed by atoms with Gasteiger partial charge in [-0.2, -0.15) is 5.26 Å². The zero-order valence-corrected chi connectivity index (χ0v) is 16.5. The molecule has 1 N–H and O–H groups in total. The number of benzene rings is 1. The second kappa shape index (κ2) is 8.30. The van der Waals surface area contributed by atoms with Crippen molar-refractivity contribution in [2.24, 2.45) is 5.92 Å². The lowest BCUT2D eigenvalue weighted by atomic mass is 9.83. The molecule has 1 atom stereocenters. The van der Waals surface area contributed by atoms with Crippen LogP contribution in [-0.4, -0.2) is 23.2 Å². The van der Waals surface area contributed by atoms with Crippen LogP contribution in [0.5, 0.6) is 11.6 Å². The number of carbonyl (C=O) groups is 1. The number of hydrogen-bond acceptors (Lipinski definition) is 5. The SMILES string of the molecule is CC(C)(C)OC(=O)NCC1CCc2c(cccc2Oc2ccc(C#N)cn2)C1. The standard InChI is InChI=1S/C22H25N3O3/c1-22(2,3)28-21(26)25-13-15-7-9-18-17(11-15)5-4-6-19(18)27-20-10-8-16(12-23)14-24-20/h4-6,8,10,14-15H,7,9,11,13H2,1-3H3,(H,25,26). The first-order chi connectivity index (χ1) is 13.3. The van der Waals surface area contributed by atoms with Gasteiger partial charge in [0.2, 0.25) is 5.88 Å². The van der Waals surface area contributed by atoms with Gasteiger partial charge in [0.05, 0.1) is 5.56 Å². The first-order valence-electron chi connectivity index (χ1n) is 9.45. The Morgan fingerprint density at radius 3 is 2.82 bits per heavy atom. The van der Waals surface area contributed by atoms with E-state index in [0.29, 0.717) is 23.9 Å². The molecule has 0 aliphatic heterocycles. The van der Waals surface area contributed by atoms with Gasteiger partial charge in [0.25, 0.3) is 0 Å². The van der Waals surface area contributed by atoms with Crippen LogP contribution in [0.15, 0.2) is 36.5 Å². The molecular formula is C22H25N3O3. The van der Waals surface area contributed by atoms with Crippen molar-refractivity contribution in [1.82, 2.24) is 10.3 Å². The highest BCUT2D eigenvalue weighted by atomic mass is 16.6. The maximum absolute atomic E-state index is 11.9. The number of amides is 1. The Morgan fingerprint density at radius 1 is 1.32 bits per heavy atom. The summed E-state index contributed by atoms with van der Waals surface area (Å²) >= 11 is 0. The summed E-state index contributed by atoms with van der Waals surface area (Å²) in [6.45, 7) is 6.16. The van der Waals surface area contributed by atoms with Crippen molar-refractivity contribution in [1.29, 1.82) is 5.26 Å². The second-order valence-corrected chi connectivity index (χ2v) is 7.98. The molecule has 1 aliphatic rings. The predicted octanol–water partition coefficient (Wildman–Crippen LogP) is 4.38. The zero-order chi connectivity index (χ0) is 20.1. The quantitative estimate of drug-likeness (QED) is 0.852. The topological polar surface area (TPSA) is 84.2 Å². The van der Waals surface area contributed by atoms with Crippen LogP contribution in [0.1, 0.15) is 43.9 Å². The van der Waals surface area contributed by atoms with Crippen molar-refractivity contribution in [2.75, 3.05) is 6.54 Å². The van der Waals surface area contributed by atoms with Gasteiger partial charge in [0, 0.05) is 18.8 Å². The summed E-state index contributed by atoms with van der Waals surface area (Å²) in [6.07, 6.45) is 3.85. The molecule has 1 unspecified atom stereocenters.